The summed E-state index contributed by atoms with van der Waals surface area (Å²) in [5, 5.41) is 0. The summed E-state index contributed by atoms with van der Waals surface area (Å²) in [4.78, 5) is 11.8. The number of unbranched alkanes of at least 4 members (excludes halogenated alkanes) is 8. The van der Waals surface area contributed by atoms with Gasteiger partial charge in [-0.15, -0.1) is 0 Å². The number of carbonyl (C=O) groups is 1. The van der Waals surface area contributed by atoms with Gasteiger partial charge in [0, 0.05) is 13.0 Å². The van der Waals surface area contributed by atoms with E-state index >= 15 is 0 Å². The minimum Gasteiger partial charge on any atom is -0.363 e. The molecule has 1 saturated carbocycles. The molecule has 0 aromatic heterocycles. The van der Waals surface area contributed by atoms with E-state index < -0.39 is 5.60 Å². The summed E-state index contributed by atoms with van der Waals surface area (Å²) in [5.74, 6) is 0.225. The zero-order chi connectivity index (χ0) is 14.7. The Morgan fingerprint density at radius 3 is 2.20 bits per heavy atom. The lowest BCUT2D eigenvalue weighted by Gasteiger charge is -2.23. The third-order valence-corrected chi connectivity index (χ3v) is 4.36. The molecule has 0 amide bonds. The highest BCUT2D eigenvalue weighted by molar-refractivity contribution is 5.91. The Kier molecular flexibility index (Phi) is 8.84. The van der Waals surface area contributed by atoms with Crippen molar-refractivity contribution in [1.29, 1.82) is 0 Å². The molecule has 1 rings (SSSR count). The summed E-state index contributed by atoms with van der Waals surface area (Å²) in [6.07, 6.45) is 15.9. The molecular formula is C18H32O2. The average Bonchev–Trinajstić information content (AvgIpc) is 2.82. The van der Waals surface area contributed by atoms with Gasteiger partial charge in [-0.1, -0.05) is 70.9 Å². The highest BCUT2D eigenvalue weighted by Gasteiger charge is 2.39. The number of ether oxygens (including phenoxy) is 1. The third-order valence-electron chi connectivity index (χ3n) is 4.36. The van der Waals surface area contributed by atoms with Crippen LogP contribution in [0.4, 0.5) is 0 Å². The van der Waals surface area contributed by atoms with E-state index in [1.165, 1.54) is 51.4 Å². The molecule has 1 fully saturated rings. The summed E-state index contributed by atoms with van der Waals surface area (Å²) in [7, 11) is 0. The van der Waals surface area contributed by atoms with Crippen molar-refractivity contribution in [3.63, 3.8) is 0 Å². The van der Waals surface area contributed by atoms with Crippen LogP contribution >= 0.6 is 0 Å². The number of hydrogen-bond donors (Lipinski definition) is 0. The zero-order valence-electron chi connectivity index (χ0n) is 13.3. The van der Waals surface area contributed by atoms with Gasteiger partial charge in [0.25, 0.3) is 0 Å². The molecule has 1 unspecified atom stereocenters. The Morgan fingerprint density at radius 2 is 1.70 bits per heavy atom. The highest BCUT2D eigenvalue weighted by Crippen LogP contribution is 2.31. The predicted molar refractivity (Wildman–Crippen MR) is 85.0 cm³/mol. The van der Waals surface area contributed by atoms with E-state index in [1.807, 2.05) is 0 Å². The number of Topliss-reactive ketones (excluding diaryl/α,β-unsaturated/α-hetero) is 1. The van der Waals surface area contributed by atoms with E-state index in [9.17, 15) is 4.79 Å². The van der Waals surface area contributed by atoms with Gasteiger partial charge in [-0.05, 0) is 19.3 Å². The second-order valence-electron chi connectivity index (χ2n) is 6.05. The van der Waals surface area contributed by atoms with Crippen LogP contribution in [0.5, 0.6) is 0 Å². The van der Waals surface area contributed by atoms with Crippen LogP contribution in [0.1, 0.15) is 84.0 Å². The molecule has 0 aliphatic heterocycles. The summed E-state index contributed by atoms with van der Waals surface area (Å²) in [6.45, 7) is 6.74. The molecule has 0 saturated heterocycles. The summed E-state index contributed by atoms with van der Waals surface area (Å²) in [6, 6.07) is 0. The van der Waals surface area contributed by atoms with Crippen molar-refractivity contribution in [2.45, 2.75) is 89.6 Å². The number of ketones is 1. The molecule has 0 radical (unpaired) electrons. The first kappa shape index (κ1) is 17.4. The van der Waals surface area contributed by atoms with Crippen LogP contribution in [0.3, 0.4) is 0 Å². The molecule has 0 spiro atoms. The minimum absolute atomic E-state index is 0.225. The summed E-state index contributed by atoms with van der Waals surface area (Å²) < 4.78 is 5.84. The lowest BCUT2D eigenvalue weighted by molar-refractivity contribution is -0.134. The Labute approximate surface area is 125 Å². The Bertz CT molecular complexity index is 285. The molecule has 1 aliphatic rings. The van der Waals surface area contributed by atoms with Crippen molar-refractivity contribution < 1.29 is 9.53 Å². The Morgan fingerprint density at radius 1 is 1.10 bits per heavy atom. The van der Waals surface area contributed by atoms with Crippen molar-refractivity contribution >= 4 is 5.78 Å². The standard InChI is InChI=1S/C18H32O2/c1-3-5-6-7-8-9-10-11-12-16-20-18(4-2)15-13-14-17(18)19/h4H,2-3,5-16H2,1H3. The fraction of sp³-hybridized carbons (Fsp3) is 0.833. The van der Waals surface area contributed by atoms with Gasteiger partial charge < -0.3 is 4.74 Å². The fourth-order valence-electron chi connectivity index (χ4n) is 2.96. The molecule has 116 valence electrons. The lowest BCUT2D eigenvalue weighted by Crippen LogP contribution is -2.34. The van der Waals surface area contributed by atoms with Crippen LogP contribution in [0.15, 0.2) is 12.7 Å². The maximum Gasteiger partial charge on any atom is 0.168 e. The van der Waals surface area contributed by atoms with Gasteiger partial charge >= 0.3 is 0 Å². The van der Waals surface area contributed by atoms with E-state index in [4.69, 9.17) is 4.74 Å². The maximum atomic E-state index is 11.8. The second kappa shape index (κ2) is 10.1. The third kappa shape index (κ3) is 5.78. The van der Waals surface area contributed by atoms with Crippen LogP contribution in [0, 0.1) is 0 Å². The highest BCUT2D eigenvalue weighted by atomic mass is 16.5. The molecule has 2 heteroatoms. The largest absolute Gasteiger partial charge is 0.363 e. The minimum atomic E-state index is -0.639. The van der Waals surface area contributed by atoms with Crippen LogP contribution in [0.25, 0.3) is 0 Å². The van der Waals surface area contributed by atoms with Gasteiger partial charge in [0.1, 0.15) is 5.60 Å². The summed E-state index contributed by atoms with van der Waals surface area (Å²) in [5.41, 5.74) is -0.639. The van der Waals surface area contributed by atoms with Gasteiger partial charge in [-0.2, -0.15) is 0 Å². The van der Waals surface area contributed by atoms with E-state index in [0.29, 0.717) is 13.0 Å². The van der Waals surface area contributed by atoms with Crippen LogP contribution < -0.4 is 0 Å². The van der Waals surface area contributed by atoms with Gasteiger partial charge in [0.05, 0.1) is 0 Å². The smallest absolute Gasteiger partial charge is 0.168 e. The fourth-order valence-corrected chi connectivity index (χ4v) is 2.96. The molecule has 20 heavy (non-hydrogen) atoms. The monoisotopic (exact) mass is 280 g/mol. The van der Waals surface area contributed by atoms with Crippen molar-refractivity contribution in [3.8, 4) is 0 Å². The van der Waals surface area contributed by atoms with Gasteiger partial charge in [0.2, 0.25) is 0 Å². The van der Waals surface area contributed by atoms with Gasteiger partial charge in [-0.3, -0.25) is 4.79 Å². The maximum absolute atomic E-state index is 11.8. The normalized spacial score (nSPS) is 22.4. The van der Waals surface area contributed by atoms with E-state index in [1.54, 1.807) is 6.08 Å². The predicted octanol–water partition coefficient (Wildman–Crippen LogP) is 5.21. The van der Waals surface area contributed by atoms with Gasteiger partial charge in [-0.25, -0.2) is 0 Å². The molecule has 1 atom stereocenters. The van der Waals surface area contributed by atoms with E-state index in [0.717, 1.165) is 19.3 Å². The van der Waals surface area contributed by atoms with Gasteiger partial charge in [0.15, 0.2) is 5.78 Å². The Hall–Kier alpha value is -0.630. The first-order valence-electron chi connectivity index (χ1n) is 8.56. The number of hydrogen-bond acceptors (Lipinski definition) is 2. The quantitative estimate of drug-likeness (QED) is 0.362. The second-order valence-corrected chi connectivity index (χ2v) is 6.05. The number of carbonyl (C=O) groups excluding carboxylic acids is 1. The number of rotatable bonds is 12. The van der Waals surface area contributed by atoms with E-state index in [2.05, 4.69) is 13.5 Å². The molecule has 0 aromatic carbocycles. The van der Waals surface area contributed by atoms with Crippen molar-refractivity contribution in [2.75, 3.05) is 6.61 Å². The molecule has 0 heterocycles. The Balaban J connectivity index is 1.96. The topological polar surface area (TPSA) is 26.3 Å². The van der Waals surface area contributed by atoms with E-state index in [-0.39, 0.29) is 5.78 Å². The molecule has 0 aromatic rings. The van der Waals surface area contributed by atoms with Crippen LogP contribution in [-0.2, 0) is 9.53 Å². The molecule has 2 nitrogen and oxygen atoms in total. The molecule has 1 aliphatic carbocycles. The lowest BCUT2D eigenvalue weighted by atomic mass is 10.0. The molecule has 0 N–H and O–H groups in total. The first-order valence-corrected chi connectivity index (χ1v) is 8.56. The van der Waals surface area contributed by atoms with Crippen molar-refractivity contribution in [2.24, 2.45) is 0 Å². The molecule has 0 bridgehead atoms. The van der Waals surface area contributed by atoms with Crippen LogP contribution in [-0.4, -0.2) is 18.0 Å². The zero-order valence-corrected chi connectivity index (χ0v) is 13.3. The SMILES string of the molecule is C=CC1(OCCCCCCCCCCC)CCCC1=O. The molecular weight excluding hydrogens is 248 g/mol. The average molecular weight is 280 g/mol. The first-order chi connectivity index (χ1) is 9.75. The van der Waals surface area contributed by atoms with Crippen LogP contribution in [0.2, 0.25) is 0 Å². The van der Waals surface area contributed by atoms with Crippen molar-refractivity contribution in [3.05, 3.63) is 12.7 Å². The summed E-state index contributed by atoms with van der Waals surface area (Å²) >= 11 is 0. The van der Waals surface area contributed by atoms with Crippen molar-refractivity contribution in [1.82, 2.24) is 0 Å².